The minimum absolute atomic E-state index is 0.0129. The van der Waals surface area contributed by atoms with Gasteiger partial charge in [0.2, 0.25) is 10.0 Å². The Hall–Kier alpha value is -3.37. The van der Waals surface area contributed by atoms with Gasteiger partial charge in [0.25, 0.3) is 5.91 Å². The van der Waals surface area contributed by atoms with Crippen molar-refractivity contribution in [3.63, 3.8) is 0 Å². The molecule has 0 saturated heterocycles. The zero-order valence-electron chi connectivity index (χ0n) is 17.5. The molecule has 0 saturated carbocycles. The van der Waals surface area contributed by atoms with Crippen molar-refractivity contribution in [1.82, 2.24) is 4.72 Å². The van der Waals surface area contributed by atoms with Crippen LogP contribution in [0.3, 0.4) is 0 Å². The first-order chi connectivity index (χ1) is 15.5. The molecule has 0 heterocycles. The number of amides is 1. The maximum atomic E-state index is 12.8. The summed E-state index contributed by atoms with van der Waals surface area (Å²) in [6.07, 6.45) is -4.52. The summed E-state index contributed by atoms with van der Waals surface area (Å²) in [6.45, 7) is 1.29. The van der Waals surface area contributed by atoms with Crippen molar-refractivity contribution in [1.29, 1.82) is 0 Å². The number of ether oxygens (including phenoxy) is 1. The Morgan fingerprint density at radius 2 is 1.70 bits per heavy atom. The quantitative estimate of drug-likeness (QED) is 0.499. The van der Waals surface area contributed by atoms with Gasteiger partial charge in [-0.1, -0.05) is 36.4 Å². The molecule has 0 spiro atoms. The average Bonchev–Trinajstić information content (AvgIpc) is 2.77. The standard InChI is InChI=1S/C23H21F3N2O4S/c1-16-12-20(33(30,31)27-14-17-6-3-2-4-7-17)10-11-21(16)32-15-22(29)28-19-9-5-8-18(13-19)23(24,25)26/h2-13,27H,14-15H2,1H3,(H,28,29). The molecule has 3 aromatic rings. The highest BCUT2D eigenvalue weighted by molar-refractivity contribution is 7.89. The van der Waals surface area contributed by atoms with E-state index in [0.717, 1.165) is 17.7 Å². The van der Waals surface area contributed by atoms with Crippen molar-refractivity contribution in [3.05, 3.63) is 89.5 Å². The lowest BCUT2D eigenvalue weighted by atomic mass is 10.2. The minimum Gasteiger partial charge on any atom is -0.483 e. The number of hydrogen-bond acceptors (Lipinski definition) is 4. The molecule has 6 nitrogen and oxygen atoms in total. The molecule has 0 unspecified atom stereocenters. The fourth-order valence-electron chi connectivity index (χ4n) is 2.92. The Bertz CT molecular complexity index is 1230. The van der Waals surface area contributed by atoms with E-state index in [4.69, 9.17) is 4.74 Å². The van der Waals surface area contributed by atoms with Crippen molar-refractivity contribution in [2.45, 2.75) is 24.5 Å². The van der Waals surface area contributed by atoms with Crippen molar-refractivity contribution >= 4 is 21.6 Å². The molecule has 0 aliphatic carbocycles. The van der Waals surface area contributed by atoms with Gasteiger partial charge in [-0.3, -0.25) is 4.79 Å². The maximum Gasteiger partial charge on any atom is 0.416 e. The van der Waals surface area contributed by atoms with Crippen LogP contribution in [0.5, 0.6) is 5.75 Å². The van der Waals surface area contributed by atoms with Gasteiger partial charge in [-0.2, -0.15) is 13.2 Å². The normalized spacial score (nSPS) is 11.8. The lowest BCUT2D eigenvalue weighted by Crippen LogP contribution is -2.23. The summed E-state index contributed by atoms with van der Waals surface area (Å²) in [7, 11) is -3.76. The second-order valence-corrected chi connectivity index (χ2v) is 8.92. The molecule has 0 fully saturated rings. The van der Waals surface area contributed by atoms with Crippen LogP contribution in [0.1, 0.15) is 16.7 Å². The highest BCUT2D eigenvalue weighted by Gasteiger charge is 2.30. The van der Waals surface area contributed by atoms with Crippen LogP contribution >= 0.6 is 0 Å². The van der Waals surface area contributed by atoms with E-state index < -0.39 is 34.3 Å². The molecule has 3 aromatic carbocycles. The van der Waals surface area contributed by atoms with Gasteiger partial charge in [-0.15, -0.1) is 0 Å². The minimum atomic E-state index is -4.52. The number of carbonyl (C=O) groups is 1. The number of carbonyl (C=O) groups excluding carboxylic acids is 1. The van der Waals surface area contributed by atoms with Gasteiger partial charge in [-0.05, 0) is 54.4 Å². The third-order valence-electron chi connectivity index (χ3n) is 4.60. The Morgan fingerprint density at radius 3 is 2.36 bits per heavy atom. The van der Waals surface area contributed by atoms with Gasteiger partial charge in [0.05, 0.1) is 10.5 Å². The van der Waals surface area contributed by atoms with E-state index in [0.29, 0.717) is 5.56 Å². The van der Waals surface area contributed by atoms with Gasteiger partial charge >= 0.3 is 6.18 Å². The molecular formula is C23H21F3N2O4S. The maximum absolute atomic E-state index is 12.8. The van der Waals surface area contributed by atoms with E-state index in [-0.39, 0.29) is 22.9 Å². The van der Waals surface area contributed by atoms with E-state index in [1.54, 1.807) is 19.1 Å². The Labute approximate surface area is 189 Å². The molecule has 3 rings (SSSR count). The van der Waals surface area contributed by atoms with E-state index >= 15 is 0 Å². The summed E-state index contributed by atoms with van der Waals surface area (Å²) in [5.74, 6) is -0.383. The second kappa shape index (κ2) is 10.1. The molecule has 2 N–H and O–H groups in total. The van der Waals surface area contributed by atoms with Crippen LogP contribution in [0.2, 0.25) is 0 Å². The predicted molar refractivity (Wildman–Crippen MR) is 117 cm³/mol. The highest BCUT2D eigenvalue weighted by Crippen LogP contribution is 2.30. The number of halogens is 3. The van der Waals surface area contributed by atoms with Crippen molar-refractivity contribution in [2.75, 3.05) is 11.9 Å². The molecule has 0 aliphatic rings. The SMILES string of the molecule is Cc1cc(S(=O)(=O)NCc2ccccc2)ccc1OCC(=O)Nc1cccc(C(F)(F)F)c1. The lowest BCUT2D eigenvalue weighted by Gasteiger charge is -2.13. The van der Waals surface area contributed by atoms with Gasteiger partial charge in [0.15, 0.2) is 6.61 Å². The van der Waals surface area contributed by atoms with Gasteiger partial charge < -0.3 is 10.1 Å². The number of sulfonamides is 1. The molecule has 0 aromatic heterocycles. The van der Waals surface area contributed by atoms with Crippen LogP contribution in [0.4, 0.5) is 18.9 Å². The molecule has 10 heteroatoms. The van der Waals surface area contributed by atoms with Gasteiger partial charge in [0, 0.05) is 12.2 Å². The molecule has 174 valence electrons. The number of hydrogen-bond donors (Lipinski definition) is 2. The molecule has 1 amide bonds. The fraction of sp³-hybridized carbons (Fsp3) is 0.174. The summed E-state index contributed by atoms with van der Waals surface area (Å²) >= 11 is 0. The van der Waals surface area contributed by atoms with Crippen LogP contribution in [0.25, 0.3) is 0 Å². The Kier molecular flexibility index (Phi) is 7.39. The van der Waals surface area contributed by atoms with Gasteiger partial charge in [-0.25, -0.2) is 13.1 Å². The first kappa shape index (κ1) is 24.3. The Morgan fingerprint density at radius 1 is 0.970 bits per heavy atom. The first-order valence-corrected chi connectivity index (χ1v) is 11.3. The molecule has 0 aliphatic heterocycles. The number of rotatable bonds is 8. The molecule has 33 heavy (non-hydrogen) atoms. The number of nitrogens with one attached hydrogen (secondary N) is 2. The van der Waals surface area contributed by atoms with Crippen molar-refractivity contribution in [2.24, 2.45) is 0 Å². The topological polar surface area (TPSA) is 84.5 Å². The monoisotopic (exact) mass is 478 g/mol. The summed E-state index contributed by atoms with van der Waals surface area (Å²) in [6, 6.07) is 17.5. The van der Waals surface area contributed by atoms with Crippen LogP contribution < -0.4 is 14.8 Å². The average molecular weight is 478 g/mol. The van der Waals surface area contributed by atoms with E-state index in [1.807, 2.05) is 18.2 Å². The lowest BCUT2D eigenvalue weighted by molar-refractivity contribution is -0.137. The molecule has 0 radical (unpaired) electrons. The number of alkyl halides is 3. The first-order valence-electron chi connectivity index (χ1n) is 9.79. The molecule has 0 atom stereocenters. The summed E-state index contributed by atoms with van der Waals surface area (Å²) in [5.41, 5.74) is 0.393. The molecule has 0 bridgehead atoms. The largest absolute Gasteiger partial charge is 0.483 e. The van der Waals surface area contributed by atoms with E-state index in [9.17, 15) is 26.4 Å². The zero-order valence-corrected chi connectivity index (χ0v) is 18.3. The van der Waals surface area contributed by atoms with Crippen LogP contribution in [-0.4, -0.2) is 20.9 Å². The summed E-state index contributed by atoms with van der Waals surface area (Å²) in [4.78, 5) is 12.1. The third-order valence-corrected chi connectivity index (χ3v) is 6.00. The van der Waals surface area contributed by atoms with Crippen LogP contribution in [0.15, 0.2) is 77.7 Å². The van der Waals surface area contributed by atoms with E-state index in [2.05, 4.69) is 10.0 Å². The van der Waals surface area contributed by atoms with Crippen LogP contribution in [-0.2, 0) is 27.5 Å². The second-order valence-electron chi connectivity index (χ2n) is 7.15. The third kappa shape index (κ3) is 6.80. The number of benzene rings is 3. The molecular weight excluding hydrogens is 457 g/mol. The number of anilines is 1. The highest BCUT2D eigenvalue weighted by atomic mass is 32.2. The van der Waals surface area contributed by atoms with Crippen molar-refractivity contribution < 1.29 is 31.1 Å². The Balaban J connectivity index is 1.59. The van der Waals surface area contributed by atoms with Crippen molar-refractivity contribution in [3.8, 4) is 5.75 Å². The summed E-state index contributed by atoms with van der Waals surface area (Å²) < 4.78 is 71.4. The van der Waals surface area contributed by atoms with Gasteiger partial charge in [0.1, 0.15) is 5.75 Å². The summed E-state index contributed by atoms with van der Waals surface area (Å²) in [5, 5.41) is 2.34. The van der Waals surface area contributed by atoms with E-state index in [1.165, 1.54) is 30.3 Å². The predicted octanol–water partition coefficient (Wildman–Crippen LogP) is 4.51. The fourth-order valence-corrected chi connectivity index (χ4v) is 4.02. The zero-order chi connectivity index (χ0) is 24.1. The smallest absolute Gasteiger partial charge is 0.416 e. The van der Waals surface area contributed by atoms with Crippen LogP contribution in [0, 0.1) is 6.92 Å². The number of aryl methyl sites for hydroxylation is 1.